The smallest absolute Gasteiger partial charge is 0.411 e. The average Bonchev–Trinajstić information content (AvgIpc) is 2.92. The number of nitrogens with one attached hydrogen (secondary N) is 2. The van der Waals surface area contributed by atoms with Crippen LogP contribution in [0.3, 0.4) is 0 Å². The minimum atomic E-state index is -0.500. The first-order chi connectivity index (χ1) is 18.0. The molecule has 3 rings (SSSR count). The van der Waals surface area contributed by atoms with Gasteiger partial charge in [0.1, 0.15) is 0 Å². The van der Waals surface area contributed by atoms with Gasteiger partial charge in [0.25, 0.3) is 5.91 Å². The molecule has 0 spiro atoms. The number of ether oxygens (including phenoxy) is 1. The molecule has 37 heavy (non-hydrogen) atoms. The van der Waals surface area contributed by atoms with Crippen LogP contribution in [0.25, 0.3) is 6.08 Å². The molecule has 8 heteroatoms. The number of benzene rings is 1. The fourth-order valence-electron chi connectivity index (χ4n) is 4.28. The van der Waals surface area contributed by atoms with E-state index in [2.05, 4.69) is 15.6 Å². The van der Waals surface area contributed by atoms with Crippen molar-refractivity contribution in [2.45, 2.75) is 51.9 Å². The zero-order valence-electron chi connectivity index (χ0n) is 21.7. The van der Waals surface area contributed by atoms with E-state index in [9.17, 15) is 14.4 Å². The lowest BCUT2D eigenvalue weighted by atomic mass is 9.91. The molecular weight excluding hydrogens is 468 g/mol. The molecule has 1 saturated heterocycles. The van der Waals surface area contributed by atoms with Crippen LogP contribution in [-0.4, -0.2) is 54.0 Å². The zero-order valence-corrected chi connectivity index (χ0v) is 21.7. The Hall–Kier alpha value is -3.68. The molecule has 198 valence electrons. The first kappa shape index (κ1) is 27.9. The number of piperidine rings is 1. The highest BCUT2D eigenvalue weighted by Gasteiger charge is 2.23. The molecule has 3 amide bonds. The Bertz CT molecular complexity index is 1030. The third kappa shape index (κ3) is 10.1. The van der Waals surface area contributed by atoms with Crippen molar-refractivity contribution in [3.05, 3.63) is 66.0 Å². The van der Waals surface area contributed by atoms with Gasteiger partial charge in [0, 0.05) is 49.4 Å². The van der Waals surface area contributed by atoms with Crippen LogP contribution < -0.4 is 10.6 Å². The molecule has 0 aliphatic carbocycles. The maximum absolute atomic E-state index is 13.0. The number of anilines is 1. The fraction of sp³-hybridized carbons (Fsp3) is 0.448. The SMILES string of the molecule is CCCCOC(=O)Nc1cccc(C(=O)N2CCC(CCCCNC(=O)/C=C/c3cccnc3)CC2)c1. The number of hydrogen-bond donors (Lipinski definition) is 2. The number of hydrogen-bond acceptors (Lipinski definition) is 5. The molecule has 0 atom stereocenters. The third-order valence-electron chi connectivity index (χ3n) is 6.44. The monoisotopic (exact) mass is 506 g/mol. The summed E-state index contributed by atoms with van der Waals surface area (Å²) in [7, 11) is 0. The summed E-state index contributed by atoms with van der Waals surface area (Å²) < 4.78 is 5.13. The van der Waals surface area contributed by atoms with E-state index in [-0.39, 0.29) is 11.8 Å². The molecular formula is C29H38N4O4. The highest BCUT2D eigenvalue weighted by Crippen LogP contribution is 2.24. The van der Waals surface area contributed by atoms with Crippen molar-refractivity contribution < 1.29 is 19.1 Å². The molecule has 1 aliphatic rings. The summed E-state index contributed by atoms with van der Waals surface area (Å²) in [6, 6.07) is 10.7. The molecule has 0 radical (unpaired) electrons. The number of nitrogens with zero attached hydrogens (tertiary/aromatic N) is 2. The lowest BCUT2D eigenvalue weighted by molar-refractivity contribution is -0.116. The number of carbonyl (C=O) groups excluding carboxylic acids is 3. The first-order valence-corrected chi connectivity index (χ1v) is 13.2. The average molecular weight is 507 g/mol. The van der Waals surface area contributed by atoms with Crippen LogP contribution in [0.4, 0.5) is 10.5 Å². The number of carbonyl (C=O) groups is 3. The van der Waals surface area contributed by atoms with Crippen LogP contribution in [0.1, 0.15) is 67.8 Å². The summed E-state index contributed by atoms with van der Waals surface area (Å²) in [5, 5.41) is 5.62. The Morgan fingerprint density at radius 1 is 1.11 bits per heavy atom. The first-order valence-electron chi connectivity index (χ1n) is 13.2. The van der Waals surface area contributed by atoms with Gasteiger partial charge in [-0.1, -0.05) is 38.3 Å². The third-order valence-corrected chi connectivity index (χ3v) is 6.44. The second-order valence-electron chi connectivity index (χ2n) is 9.34. The van der Waals surface area contributed by atoms with Gasteiger partial charge >= 0.3 is 6.09 Å². The van der Waals surface area contributed by atoms with Crippen molar-refractivity contribution in [3.8, 4) is 0 Å². The minimum Gasteiger partial charge on any atom is -0.449 e. The normalized spacial score (nSPS) is 13.9. The zero-order chi connectivity index (χ0) is 26.3. The van der Waals surface area contributed by atoms with E-state index in [1.807, 2.05) is 24.0 Å². The van der Waals surface area contributed by atoms with Crippen molar-refractivity contribution in [2.75, 3.05) is 31.6 Å². The van der Waals surface area contributed by atoms with E-state index < -0.39 is 6.09 Å². The molecule has 8 nitrogen and oxygen atoms in total. The summed E-state index contributed by atoms with van der Waals surface area (Å²) in [6.07, 6.45) is 13.0. The van der Waals surface area contributed by atoms with E-state index in [1.54, 1.807) is 42.7 Å². The van der Waals surface area contributed by atoms with Crippen molar-refractivity contribution in [2.24, 2.45) is 5.92 Å². The predicted octanol–water partition coefficient (Wildman–Crippen LogP) is 5.28. The molecule has 1 aromatic heterocycles. The van der Waals surface area contributed by atoms with Gasteiger partial charge in [0.15, 0.2) is 0 Å². The van der Waals surface area contributed by atoms with E-state index >= 15 is 0 Å². The van der Waals surface area contributed by atoms with Gasteiger partial charge < -0.3 is 15.0 Å². The van der Waals surface area contributed by atoms with E-state index in [0.717, 1.165) is 63.6 Å². The molecule has 2 N–H and O–H groups in total. The number of unbranched alkanes of at least 4 members (excludes halogenated alkanes) is 2. The highest BCUT2D eigenvalue weighted by molar-refractivity contribution is 5.96. The van der Waals surface area contributed by atoms with Crippen LogP contribution in [0.2, 0.25) is 0 Å². The fourth-order valence-corrected chi connectivity index (χ4v) is 4.28. The molecule has 2 heterocycles. The Labute approximate surface area is 219 Å². The number of amides is 3. The minimum absolute atomic E-state index is 0.0106. The van der Waals surface area contributed by atoms with Crippen LogP contribution in [0.5, 0.6) is 0 Å². The van der Waals surface area contributed by atoms with Gasteiger partial charge in [0.05, 0.1) is 6.61 Å². The van der Waals surface area contributed by atoms with E-state index in [0.29, 0.717) is 30.3 Å². The van der Waals surface area contributed by atoms with Crippen molar-refractivity contribution in [1.29, 1.82) is 0 Å². The van der Waals surface area contributed by atoms with Crippen molar-refractivity contribution in [1.82, 2.24) is 15.2 Å². The molecule has 2 aromatic rings. The molecule has 1 aromatic carbocycles. The lowest BCUT2D eigenvalue weighted by Crippen LogP contribution is -2.38. The summed E-state index contributed by atoms with van der Waals surface area (Å²) in [4.78, 5) is 42.7. The van der Waals surface area contributed by atoms with Gasteiger partial charge in [-0.25, -0.2) is 4.79 Å². The summed E-state index contributed by atoms with van der Waals surface area (Å²) in [5.74, 6) is 0.489. The standard InChI is InChI=1S/C29H38N4O4/c1-2-3-20-37-29(36)32-26-11-6-10-25(21-26)28(35)33-18-14-23(15-19-33)8-4-5-17-31-27(34)13-12-24-9-7-16-30-22-24/h6-7,9-13,16,21-23H,2-5,8,14-15,17-20H2,1H3,(H,31,34)(H,32,36)/b13-12+. The number of rotatable bonds is 12. The van der Waals surface area contributed by atoms with E-state index in [4.69, 9.17) is 4.74 Å². The molecule has 1 fully saturated rings. The maximum Gasteiger partial charge on any atom is 0.411 e. The van der Waals surface area contributed by atoms with Crippen LogP contribution in [0.15, 0.2) is 54.9 Å². The number of aromatic nitrogens is 1. The van der Waals surface area contributed by atoms with Crippen molar-refractivity contribution in [3.63, 3.8) is 0 Å². The maximum atomic E-state index is 13.0. The summed E-state index contributed by atoms with van der Waals surface area (Å²) >= 11 is 0. The second kappa shape index (κ2) is 15.4. The van der Waals surface area contributed by atoms with Gasteiger partial charge in [-0.3, -0.25) is 19.9 Å². The summed E-state index contributed by atoms with van der Waals surface area (Å²) in [5.41, 5.74) is 2.02. The Morgan fingerprint density at radius 3 is 2.70 bits per heavy atom. The number of likely N-dealkylation sites (tertiary alicyclic amines) is 1. The topological polar surface area (TPSA) is 101 Å². The quantitative estimate of drug-likeness (QED) is 0.301. The van der Waals surface area contributed by atoms with Crippen LogP contribution >= 0.6 is 0 Å². The van der Waals surface area contributed by atoms with Gasteiger partial charge in [-0.15, -0.1) is 0 Å². The Balaban J connectivity index is 1.31. The molecule has 1 aliphatic heterocycles. The Morgan fingerprint density at radius 2 is 1.95 bits per heavy atom. The summed E-state index contributed by atoms with van der Waals surface area (Å²) in [6.45, 7) is 4.54. The van der Waals surface area contributed by atoms with E-state index in [1.165, 1.54) is 6.08 Å². The lowest BCUT2D eigenvalue weighted by Gasteiger charge is -2.32. The molecule has 0 bridgehead atoms. The van der Waals surface area contributed by atoms with Crippen LogP contribution in [-0.2, 0) is 9.53 Å². The number of pyridine rings is 1. The Kier molecular flexibility index (Phi) is 11.6. The second-order valence-corrected chi connectivity index (χ2v) is 9.34. The van der Waals surface area contributed by atoms with Crippen LogP contribution in [0, 0.1) is 5.92 Å². The van der Waals surface area contributed by atoms with Gasteiger partial charge in [-0.2, -0.15) is 0 Å². The van der Waals surface area contributed by atoms with Gasteiger partial charge in [-0.05, 0) is 67.5 Å². The molecule has 0 unspecified atom stereocenters. The highest BCUT2D eigenvalue weighted by atomic mass is 16.5. The largest absolute Gasteiger partial charge is 0.449 e. The van der Waals surface area contributed by atoms with Crippen molar-refractivity contribution >= 4 is 29.7 Å². The predicted molar refractivity (Wildman–Crippen MR) is 145 cm³/mol. The molecule has 0 saturated carbocycles. The van der Waals surface area contributed by atoms with Gasteiger partial charge in [0.2, 0.25) is 5.91 Å².